The molecule has 0 radical (unpaired) electrons. The van der Waals surface area contributed by atoms with Crippen LogP contribution in [0.1, 0.15) is 19.5 Å². The van der Waals surface area contributed by atoms with Crippen molar-refractivity contribution in [2.75, 3.05) is 0 Å². The number of pyridine rings is 1. The molecule has 1 N–H and O–H groups in total. The summed E-state index contributed by atoms with van der Waals surface area (Å²) in [6, 6.07) is 4.49. The van der Waals surface area contributed by atoms with Crippen LogP contribution in [0, 0.1) is 0 Å². The molecule has 0 aliphatic rings. The maximum absolute atomic E-state index is 4.34. The standard InChI is InChI=1S/C11H14BrN3/c1-8(2)13-5-10-6-14-11-4-3-9(12)7-15(10)11/h3-4,6-8,13H,5H2,1-2H3. The van der Waals surface area contributed by atoms with Crippen LogP contribution in [0.4, 0.5) is 0 Å². The van der Waals surface area contributed by atoms with Crippen LogP contribution in [0.25, 0.3) is 5.65 Å². The fourth-order valence-corrected chi connectivity index (χ4v) is 1.78. The zero-order valence-electron chi connectivity index (χ0n) is 8.87. The van der Waals surface area contributed by atoms with E-state index in [9.17, 15) is 0 Å². The lowest BCUT2D eigenvalue weighted by molar-refractivity contribution is 0.579. The molecule has 0 saturated heterocycles. The van der Waals surface area contributed by atoms with Crippen LogP contribution in [-0.2, 0) is 6.54 Å². The number of fused-ring (bicyclic) bond motifs is 1. The first-order valence-corrected chi connectivity index (χ1v) is 5.81. The second-order valence-corrected chi connectivity index (χ2v) is 4.78. The fraction of sp³-hybridized carbons (Fsp3) is 0.364. The fourth-order valence-electron chi connectivity index (χ4n) is 1.44. The summed E-state index contributed by atoms with van der Waals surface area (Å²) in [7, 11) is 0. The van der Waals surface area contributed by atoms with Crippen LogP contribution in [-0.4, -0.2) is 15.4 Å². The topological polar surface area (TPSA) is 29.3 Å². The van der Waals surface area contributed by atoms with E-state index in [1.807, 2.05) is 24.5 Å². The monoisotopic (exact) mass is 267 g/mol. The van der Waals surface area contributed by atoms with Crippen molar-refractivity contribution >= 4 is 21.6 Å². The highest BCUT2D eigenvalue weighted by atomic mass is 79.9. The van der Waals surface area contributed by atoms with Crippen LogP contribution in [0.15, 0.2) is 29.0 Å². The molecule has 0 saturated carbocycles. The highest BCUT2D eigenvalue weighted by Crippen LogP contribution is 2.13. The third kappa shape index (κ3) is 2.38. The smallest absolute Gasteiger partial charge is 0.136 e. The SMILES string of the molecule is CC(C)NCc1cnc2ccc(Br)cn12. The number of nitrogens with one attached hydrogen (secondary N) is 1. The van der Waals surface area contributed by atoms with Gasteiger partial charge in [0.2, 0.25) is 0 Å². The van der Waals surface area contributed by atoms with Crippen LogP contribution >= 0.6 is 15.9 Å². The maximum atomic E-state index is 4.34. The van der Waals surface area contributed by atoms with Crippen molar-refractivity contribution in [1.82, 2.24) is 14.7 Å². The van der Waals surface area contributed by atoms with E-state index in [4.69, 9.17) is 0 Å². The first-order valence-electron chi connectivity index (χ1n) is 5.01. The minimum Gasteiger partial charge on any atom is -0.309 e. The molecule has 2 heterocycles. The molecule has 15 heavy (non-hydrogen) atoms. The van der Waals surface area contributed by atoms with E-state index in [0.717, 1.165) is 16.7 Å². The Morgan fingerprint density at radius 2 is 2.27 bits per heavy atom. The quantitative estimate of drug-likeness (QED) is 0.927. The van der Waals surface area contributed by atoms with E-state index in [-0.39, 0.29) is 0 Å². The van der Waals surface area contributed by atoms with Gasteiger partial charge in [0, 0.05) is 23.3 Å². The summed E-state index contributed by atoms with van der Waals surface area (Å²) >= 11 is 3.46. The number of rotatable bonds is 3. The predicted octanol–water partition coefficient (Wildman–Crippen LogP) is 2.59. The van der Waals surface area contributed by atoms with Crippen molar-refractivity contribution in [2.24, 2.45) is 0 Å². The molecule has 0 unspecified atom stereocenters. The predicted molar refractivity (Wildman–Crippen MR) is 64.9 cm³/mol. The zero-order valence-corrected chi connectivity index (χ0v) is 10.5. The first kappa shape index (κ1) is 10.6. The molecule has 2 rings (SSSR count). The van der Waals surface area contributed by atoms with Crippen LogP contribution in [0.5, 0.6) is 0 Å². The highest BCUT2D eigenvalue weighted by Gasteiger charge is 2.03. The molecule has 4 heteroatoms. The lowest BCUT2D eigenvalue weighted by Crippen LogP contribution is -2.22. The van der Waals surface area contributed by atoms with Gasteiger partial charge in [-0.15, -0.1) is 0 Å². The normalized spacial score (nSPS) is 11.5. The van der Waals surface area contributed by atoms with Crippen molar-refractivity contribution in [1.29, 1.82) is 0 Å². The van der Waals surface area contributed by atoms with E-state index in [1.165, 1.54) is 5.69 Å². The molecule has 0 aromatic carbocycles. The van der Waals surface area contributed by atoms with Gasteiger partial charge < -0.3 is 9.72 Å². The van der Waals surface area contributed by atoms with E-state index >= 15 is 0 Å². The van der Waals surface area contributed by atoms with Gasteiger partial charge in [-0.2, -0.15) is 0 Å². The number of hydrogen-bond donors (Lipinski definition) is 1. The summed E-state index contributed by atoms with van der Waals surface area (Å²) in [5.74, 6) is 0. The van der Waals surface area contributed by atoms with Crippen LogP contribution in [0.2, 0.25) is 0 Å². The Bertz CT molecular complexity index is 462. The molecule has 0 aliphatic carbocycles. The summed E-state index contributed by atoms with van der Waals surface area (Å²) in [6.07, 6.45) is 3.96. The molecule has 0 amide bonds. The lowest BCUT2D eigenvalue weighted by atomic mass is 10.3. The number of aromatic nitrogens is 2. The van der Waals surface area contributed by atoms with E-state index in [0.29, 0.717) is 6.04 Å². The Kier molecular flexibility index (Phi) is 3.07. The van der Waals surface area contributed by atoms with Crippen molar-refractivity contribution in [3.05, 3.63) is 34.7 Å². The molecule has 80 valence electrons. The van der Waals surface area contributed by atoms with Gasteiger partial charge in [0.1, 0.15) is 5.65 Å². The van der Waals surface area contributed by atoms with Gasteiger partial charge in [0.15, 0.2) is 0 Å². The molecule has 0 atom stereocenters. The minimum atomic E-state index is 0.489. The van der Waals surface area contributed by atoms with Gasteiger partial charge in [0.05, 0.1) is 11.9 Å². The second kappa shape index (κ2) is 4.33. The van der Waals surface area contributed by atoms with Gasteiger partial charge in [-0.05, 0) is 28.1 Å². The molecule has 0 aliphatic heterocycles. The molecule has 2 aromatic heterocycles. The van der Waals surface area contributed by atoms with E-state index in [2.05, 4.69) is 44.5 Å². The number of imidazole rings is 1. The molecule has 0 fully saturated rings. The van der Waals surface area contributed by atoms with Crippen molar-refractivity contribution < 1.29 is 0 Å². The summed E-state index contributed by atoms with van der Waals surface area (Å²) in [4.78, 5) is 4.34. The average molecular weight is 268 g/mol. The minimum absolute atomic E-state index is 0.489. The third-order valence-corrected chi connectivity index (χ3v) is 2.71. The summed E-state index contributed by atoms with van der Waals surface area (Å²) < 4.78 is 3.17. The molecule has 0 spiro atoms. The Morgan fingerprint density at radius 3 is 3.00 bits per heavy atom. The van der Waals surface area contributed by atoms with Crippen molar-refractivity contribution in [2.45, 2.75) is 26.4 Å². The van der Waals surface area contributed by atoms with E-state index in [1.54, 1.807) is 0 Å². The number of hydrogen-bond acceptors (Lipinski definition) is 2. The Labute approximate surface area is 97.6 Å². The Morgan fingerprint density at radius 1 is 1.47 bits per heavy atom. The van der Waals surface area contributed by atoms with Gasteiger partial charge in [-0.1, -0.05) is 13.8 Å². The molecular formula is C11H14BrN3. The van der Waals surface area contributed by atoms with E-state index < -0.39 is 0 Å². The lowest BCUT2D eigenvalue weighted by Gasteiger charge is -2.07. The van der Waals surface area contributed by atoms with Gasteiger partial charge in [-0.3, -0.25) is 0 Å². The number of nitrogens with zero attached hydrogens (tertiary/aromatic N) is 2. The highest BCUT2D eigenvalue weighted by molar-refractivity contribution is 9.10. The van der Waals surface area contributed by atoms with Crippen LogP contribution in [0.3, 0.4) is 0 Å². The molecule has 3 nitrogen and oxygen atoms in total. The van der Waals surface area contributed by atoms with Crippen molar-refractivity contribution in [3.8, 4) is 0 Å². The summed E-state index contributed by atoms with van der Waals surface area (Å²) in [6.45, 7) is 5.12. The van der Waals surface area contributed by atoms with Crippen molar-refractivity contribution in [3.63, 3.8) is 0 Å². The van der Waals surface area contributed by atoms with Gasteiger partial charge >= 0.3 is 0 Å². The zero-order chi connectivity index (χ0) is 10.8. The summed E-state index contributed by atoms with van der Waals surface area (Å²) in [5.41, 5.74) is 2.17. The summed E-state index contributed by atoms with van der Waals surface area (Å²) in [5, 5.41) is 3.38. The Balaban J connectivity index is 2.31. The molecular weight excluding hydrogens is 254 g/mol. The third-order valence-electron chi connectivity index (χ3n) is 2.24. The largest absolute Gasteiger partial charge is 0.309 e. The van der Waals surface area contributed by atoms with Gasteiger partial charge in [-0.25, -0.2) is 4.98 Å². The molecule has 2 aromatic rings. The maximum Gasteiger partial charge on any atom is 0.136 e. The molecule has 0 bridgehead atoms. The Hall–Kier alpha value is -0.870. The van der Waals surface area contributed by atoms with Gasteiger partial charge in [0.25, 0.3) is 0 Å². The van der Waals surface area contributed by atoms with Crippen LogP contribution < -0.4 is 5.32 Å². The second-order valence-electron chi connectivity index (χ2n) is 3.86. The first-order chi connectivity index (χ1) is 7.16. The number of halogens is 1. The average Bonchev–Trinajstić information content (AvgIpc) is 2.57.